The largest absolute Gasteiger partial charge is 0.508 e. The van der Waals surface area contributed by atoms with Crippen molar-refractivity contribution < 1.29 is 14.6 Å². The first-order chi connectivity index (χ1) is 11.6. The van der Waals surface area contributed by atoms with Gasteiger partial charge in [-0.3, -0.25) is 9.69 Å². The van der Waals surface area contributed by atoms with Gasteiger partial charge in [0.2, 0.25) is 5.91 Å². The summed E-state index contributed by atoms with van der Waals surface area (Å²) in [5, 5.41) is 12.8. The van der Waals surface area contributed by atoms with Crippen molar-refractivity contribution in [2.45, 2.75) is 6.10 Å². The molecule has 0 bridgehead atoms. The molecule has 24 heavy (non-hydrogen) atoms. The Bertz CT molecular complexity index is 688. The molecule has 1 aliphatic heterocycles. The number of nitrogens with one attached hydrogen (secondary N) is 1. The van der Waals surface area contributed by atoms with Crippen LogP contribution in [0, 0.1) is 0 Å². The molecule has 1 heterocycles. The molecule has 126 valence electrons. The predicted molar refractivity (Wildman–Crippen MR) is 93.3 cm³/mol. The van der Waals surface area contributed by atoms with Gasteiger partial charge < -0.3 is 15.2 Å². The Morgan fingerprint density at radius 1 is 1.21 bits per heavy atom. The fourth-order valence-electron chi connectivity index (χ4n) is 2.67. The smallest absolute Gasteiger partial charge is 0.238 e. The van der Waals surface area contributed by atoms with Crippen molar-refractivity contribution in [3.63, 3.8) is 0 Å². The average molecular weight is 347 g/mol. The third-order valence-electron chi connectivity index (χ3n) is 3.91. The maximum absolute atomic E-state index is 12.2. The summed E-state index contributed by atoms with van der Waals surface area (Å²) >= 11 is 5.92. The maximum Gasteiger partial charge on any atom is 0.238 e. The Morgan fingerprint density at radius 3 is 2.62 bits per heavy atom. The van der Waals surface area contributed by atoms with E-state index in [0.717, 1.165) is 5.56 Å². The minimum atomic E-state index is -0.0857. The summed E-state index contributed by atoms with van der Waals surface area (Å²) in [5.41, 5.74) is 1.73. The van der Waals surface area contributed by atoms with Gasteiger partial charge in [0.05, 0.1) is 19.3 Å². The van der Waals surface area contributed by atoms with Crippen LogP contribution < -0.4 is 5.32 Å². The molecule has 0 aromatic heterocycles. The second kappa shape index (κ2) is 7.66. The van der Waals surface area contributed by atoms with Gasteiger partial charge in [0.1, 0.15) is 5.75 Å². The number of benzene rings is 2. The molecule has 1 fully saturated rings. The van der Waals surface area contributed by atoms with E-state index >= 15 is 0 Å². The maximum atomic E-state index is 12.2. The number of nitrogens with zero attached hydrogens (tertiary/aromatic N) is 1. The molecule has 0 aliphatic carbocycles. The Labute approximate surface area is 145 Å². The second-order valence-electron chi connectivity index (χ2n) is 5.74. The van der Waals surface area contributed by atoms with Crippen LogP contribution in [0.25, 0.3) is 0 Å². The highest BCUT2D eigenvalue weighted by atomic mass is 35.5. The van der Waals surface area contributed by atoms with Crippen LogP contribution in [0.15, 0.2) is 48.5 Å². The molecule has 1 unspecified atom stereocenters. The zero-order chi connectivity index (χ0) is 16.9. The number of phenols is 1. The minimum absolute atomic E-state index is 0.0579. The normalized spacial score (nSPS) is 18.3. The number of aromatic hydroxyl groups is 1. The number of morpholine rings is 1. The Kier molecular flexibility index (Phi) is 5.35. The lowest BCUT2D eigenvalue weighted by Crippen LogP contribution is -2.42. The van der Waals surface area contributed by atoms with Crippen LogP contribution in [0.2, 0.25) is 5.02 Å². The molecule has 5 nitrogen and oxygen atoms in total. The van der Waals surface area contributed by atoms with Crippen molar-refractivity contribution in [3.05, 3.63) is 59.1 Å². The van der Waals surface area contributed by atoms with E-state index in [2.05, 4.69) is 10.2 Å². The van der Waals surface area contributed by atoms with Crippen LogP contribution in [0.4, 0.5) is 5.69 Å². The van der Waals surface area contributed by atoms with E-state index in [1.165, 1.54) is 0 Å². The van der Waals surface area contributed by atoms with Crippen LogP contribution >= 0.6 is 11.6 Å². The van der Waals surface area contributed by atoms with Gasteiger partial charge in [0.15, 0.2) is 0 Å². The highest BCUT2D eigenvalue weighted by Crippen LogP contribution is 2.23. The first-order valence-corrected chi connectivity index (χ1v) is 8.16. The zero-order valence-corrected chi connectivity index (χ0v) is 13.9. The number of phenolic OH excluding ortho intramolecular Hbond substituents is 1. The number of carbonyl (C=O) groups excluding carboxylic acids is 1. The molecule has 0 saturated carbocycles. The lowest BCUT2D eigenvalue weighted by Gasteiger charge is -2.32. The van der Waals surface area contributed by atoms with Gasteiger partial charge in [-0.15, -0.1) is 0 Å². The molecule has 1 aliphatic rings. The summed E-state index contributed by atoms with van der Waals surface area (Å²) in [4.78, 5) is 14.2. The number of halogens is 1. The van der Waals surface area contributed by atoms with E-state index in [1.807, 2.05) is 24.3 Å². The fourth-order valence-corrected chi connectivity index (χ4v) is 2.80. The van der Waals surface area contributed by atoms with Crippen LogP contribution in [0.3, 0.4) is 0 Å². The molecule has 2 N–H and O–H groups in total. The lowest BCUT2D eigenvalue weighted by molar-refractivity contribution is -0.119. The van der Waals surface area contributed by atoms with Crippen molar-refractivity contribution in [1.82, 2.24) is 4.90 Å². The summed E-state index contributed by atoms with van der Waals surface area (Å²) in [6.07, 6.45) is -0.0579. The third kappa shape index (κ3) is 4.47. The van der Waals surface area contributed by atoms with Crippen LogP contribution in [0.1, 0.15) is 11.7 Å². The Hall–Kier alpha value is -2.08. The van der Waals surface area contributed by atoms with Gasteiger partial charge in [-0.05, 0) is 42.0 Å². The van der Waals surface area contributed by atoms with Crippen molar-refractivity contribution in [2.75, 3.05) is 31.6 Å². The molecule has 0 spiro atoms. The number of carbonyl (C=O) groups is 1. The van der Waals surface area contributed by atoms with Crippen LogP contribution in [0.5, 0.6) is 5.75 Å². The standard InChI is InChI=1S/C18H19ClN2O3/c19-14-3-1-13(2-4-14)17-11-21(9-10-24-17)12-18(23)20-15-5-7-16(22)8-6-15/h1-8,17,22H,9-12H2,(H,20,23). The molecule has 1 atom stereocenters. The first kappa shape index (κ1) is 16.8. The number of rotatable bonds is 4. The van der Waals surface area contributed by atoms with Gasteiger partial charge in [-0.25, -0.2) is 0 Å². The summed E-state index contributed by atoms with van der Waals surface area (Å²) in [7, 11) is 0. The molecule has 1 saturated heterocycles. The first-order valence-electron chi connectivity index (χ1n) is 7.78. The van der Waals surface area contributed by atoms with Crippen molar-refractivity contribution >= 4 is 23.2 Å². The monoisotopic (exact) mass is 346 g/mol. The highest BCUT2D eigenvalue weighted by molar-refractivity contribution is 6.30. The van der Waals surface area contributed by atoms with Gasteiger partial charge in [0, 0.05) is 23.8 Å². The Morgan fingerprint density at radius 2 is 1.92 bits per heavy atom. The Balaban J connectivity index is 1.55. The number of anilines is 1. The van der Waals surface area contributed by atoms with Crippen molar-refractivity contribution in [2.24, 2.45) is 0 Å². The number of hydrogen-bond acceptors (Lipinski definition) is 4. The van der Waals surface area contributed by atoms with Crippen molar-refractivity contribution in [1.29, 1.82) is 0 Å². The van der Waals surface area contributed by atoms with Gasteiger partial charge >= 0.3 is 0 Å². The quantitative estimate of drug-likeness (QED) is 0.835. The number of hydrogen-bond donors (Lipinski definition) is 2. The van der Waals surface area contributed by atoms with Gasteiger partial charge in [0.25, 0.3) is 0 Å². The summed E-state index contributed by atoms with van der Waals surface area (Å²) in [6, 6.07) is 14.0. The van der Waals surface area contributed by atoms with Gasteiger partial charge in [-0.2, -0.15) is 0 Å². The predicted octanol–water partition coefficient (Wildman–Crippen LogP) is 3.06. The van der Waals surface area contributed by atoms with E-state index in [9.17, 15) is 9.90 Å². The summed E-state index contributed by atoms with van der Waals surface area (Å²) < 4.78 is 5.80. The number of amides is 1. The van der Waals surface area contributed by atoms with E-state index < -0.39 is 0 Å². The molecule has 2 aromatic carbocycles. The van der Waals surface area contributed by atoms with E-state index in [1.54, 1.807) is 24.3 Å². The van der Waals surface area contributed by atoms with Crippen molar-refractivity contribution in [3.8, 4) is 5.75 Å². The molecule has 6 heteroatoms. The number of ether oxygens (including phenoxy) is 1. The molecule has 2 aromatic rings. The van der Waals surface area contributed by atoms with E-state index in [4.69, 9.17) is 16.3 Å². The lowest BCUT2D eigenvalue weighted by atomic mass is 10.1. The molecular formula is C18H19ClN2O3. The fraction of sp³-hybridized carbons (Fsp3) is 0.278. The highest BCUT2D eigenvalue weighted by Gasteiger charge is 2.23. The van der Waals surface area contributed by atoms with Crippen LogP contribution in [-0.4, -0.2) is 42.2 Å². The molecule has 0 radical (unpaired) electrons. The minimum Gasteiger partial charge on any atom is -0.508 e. The SMILES string of the molecule is O=C(CN1CCOC(c2ccc(Cl)cc2)C1)Nc1ccc(O)cc1. The average Bonchev–Trinajstić information content (AvgIpc) is 2.58. The van der Waals surface area contributed by atoms with E-state index in [0.29, 0.717) is 37.0 Å². The zero-order valence-electron chi connectivity index (χ0n) is 13.1. The molecule has 3 rings (SSSR count). The van der Waals surface area contributed by atoms with Crippen LogP contribution in [-0.2, 0) is 9.53 Å². The van der Waals surface area contributed by atoms with E-state index in [-0.39, 0.29) is 17.8 Å². The van der Waals surface area contributed by atoms with Gasteiger partial charge in [-0.1, -0.05) is 23.7 Å². The topological polar surface area (TPSA) is 61.8 Å². The summed E-state index contributed by atoms with van der Waals surface area (Å²) in [5.74, 6) is 0.0874. The third-order valence-corrected chi connectivity index (χ3v) is 4.16. The second-order valence-corrected chi connectivity index (χ2v) is 6.18. The molecular weight excluding hydrogens is 328 g/mol. The summed E-state index contributed by atoms with van der Waals surface area (Å²) in [6.45, 7) is 2.26. The molecule has 1 amide bonds.